The van der Waals surface area contributed by atoms with Crippen LogP contribution < -0.4 is 11.2 Å². The maximum Gasteiger partial charge on any atom is 0.471 e. The molecular formula is C11H15N2O8P. The molecule has 1 aromatic heterocycles. The van der Waals surface area contributed by atoms with E-state index in [4.69, 9.17) is 19.3 Å². The molecule has 2 rings (SSSR count). The number of phosphoric acid groups is 1. The predicted molar refractivity (Wildman–Crippen MR) is 73.1 cm³/mol. The van der Waals surface area contributed by atoms with Gasteiger partial charge in [-0.2, -0.15) is 0 Å². The number of ether oxygens (including phenoxy) is 2. The van der Waals surface area contributed by atoms with Gasteiger partial charge in [0.15, 0.2) is 13.1 Å². The van der Waals surface area contributed by atoms with Gasteiger partial charge in [-0.05, 0) is 13.0 Å². The monoisotopic (exact) mass is 334 g/mol. The summed E-state index contributed by atoms with van der Waals surface area (Å²) in [5.41, 5.74) is -0.614. The zero-order valence-electron chi connectivity index (χ0n) is 11.5. The molecule has 122 valence electrons. The Kier molecular flexibility index (Phi) is 5.12. The van der Waals surface area contributed by atoms with Gasteiger partial charge in [0, 0.05) is 11.8 Å². The number of aromatic amines is 1. The standard InChI is InChI=1S/C11H15N2O8P/c1-7-4-13(11(15)12-10(7)14)8-2-3-9(19-5-8)20-6-21-22(16,17)18/h2-4,8-9H,5-6H2,1H3,(H,12,14,15)(H2,16,17,18)/t8-,9+/m0/s1. The van der Waals surface area contributed by atoms with Gasteiger partial charge < -0.3 is 19.3 Å². The molecule has 0 spiro atoms. The first-order valence-electron chi connectivity index (χ1n) is 6.20. The molecule has 2 atom stereocenters. The number of hydrogen-bond acceptors (Lipinski definition) is 6. The highest BCUT2D eigenvalue weighted by atomic mass is 31.2. The first-order chi connectivity index (χ1) is 10.3. The summed E-state index contributed by atoms with van der Waals surface area (Å²) >= 11 is 0. The Morgan fingerprint density at radius 2 is 2.18 bits per heavy atom. The van der Waals surface area contributed by atoms with Crippen LogP contribution >= 0.6 is 7.82 Å². The van der Waals surface area contributed by atoms with Crippen LogP contribution in [0, 0.1) is 6.92 Å². The van der Waals surface area contributed by atoms with E-state index in [9.17, 15) is 14.2 Å². The van der Waals surface area contributed by atoms with E-state index in [1.54, 1.807) is 13.0 Å². The minimum Gasteiger partial charge on any atom is -0.346 e. The van der Waals surface area contributed by atoms with Crippen LogP contribution in [0.15, 0.2) is 27.9 Å². The molecule has 0 amide bonds. The first kappa shape index (κ1) is 16.8. The topological polar surface area (TPSA) is 140 Å². The van der Waals surface area contributed by atoms with E-state index in [1.165, 1.54) is 16.8 Å². The normalized spacial score (nSPS) is 22.0. The second-order valence-corrected chi connectivity index (χ2v) is 5.78. The third-order valence-electron chi connectivity index (χ3n) is 2.88. The van der Waals surface area contributed by atoms with Crippen LogP contribution in [-0.4, -0.2) is 39.0 Å². The van der Waals surface area contributed by atoms with Gasteiger partial charge in [0.1, 0.15) is 0 Å². The molecule has 1 aliphatic heterocycles. The van der Waals surface area contributed by atoms with Crippen molar-refractivity contribution in [3.05, 3.63) is 44.8 Å². The summed E-state index contributed by atoms with van der Waals surface area (Å²) in [6.07, 6.45) is 3.69. The highest BCUT2D eigenvalue weighted by Gasteiger charge is 2.21. The highest BCUT2D eigenvalue weighted by Crippen LogP contribution is 2.35. The Bertz CT molecular complexity index is 718. The van der Waals surface area contributed by atoms with Gasteiger partial charge in [-0.3, -0.25) is 18.9 Å². The summed E-state index contributed by atoms with van der Waals surface area (Å²) < 4.78 is 26.2. The molecule has 10 nitrogen and oxygen atoms in total. The molecule has 0 aliphatic carbocycles. The van der Waals surface area contributed by atoms with E-state index >= 15 is 0 Å². The van der Waals surface area contributed by atoms with Crippen molar-refractivity contribution in [3.63, 3.8) is 0 Å². The summed E-state index contributed by atoms with van der Waals surface area (Å²) in [7, 11) is -4.59. The highest BCUT2D eigenvalue weighted by molar-refractivity contribution is 7.46. The van der Waals surface area contributed by atoms with Crippen LogP contribution in [0.25, 0.3) is 0 Å². The zero-order valence-corrected chi connectivity index (χ0v) is 12.4. The van der Waals surface area contributed by atoms with Gasteiger partial charge >= 0.3 is 13.5 Å². The Hall–Kier alpha value is -1.55. The molecule has 0 bridgehead atoms. The van der Waals surface area contributed by atoms with Crippen LogP contribution in [-0.2, 0) is 18.6 Å². The van der Waals surface area contributed by atoms with Crippen molar-refractivity contribution < 1.29 is 28.3 Å². The van der Waals surface area contributed by atoms with Crippen molar-refractivity contribution in [3.8, 4) is 0 Å². The maximum atomic E-state index is 11.7. The van der Waals surface area contributed by atoms with Crippen molar-refractivity contribution in [1.82, 2.24) is 9.55 Å². The van der Waals surface area contributed by atoms with E-state index in [1.807, 2.05) is 0 Å². The van der Waals surface area contributed by atoms with Crippen LogP contribution in [0.4, 0.5) is 0 Å². The number of H-pyrrole nitrogens is 1. The lowest BCUT2D eigenvalue weighted by Gasteiger charge is -2.25. The van der Waals surface area contributed by atoms with Crippen molar-refractivity contribution in [1.29, 1.82) is 0 Å². The van der Waals surface area contributed by atoms with Crippen LogP contribution in [0.2, 0.25) is 0 Å². The molecule has 0 fully saturated rings. The van der Waals surface area contributed by atoms with E-state index in [2.05, 4.69) is 9.51 Å². The van der Waals surface area contributed by atoms with Gasteiger partial charge in [0.05, 0.1) is 12.6 Å². The number of aryl methyl sites for hydroxylation is 1. The van der Waals surface area contributed by atoms with Gasteiger partial charge in [-0.1, -0.05) is 6.08 Å². The van der Waals surface area contributed by atoms with Crippen LogP contribution in [0.5, 0.6) is 0 Å². The Balaban J connectivity index is 2.00. The molecule has 0 unspecified atom stereocenters. The summed E-state index contributed by atoms with van der Waals surface area (Å²) in [5, 5.41) is 0. The number of aromatic nitrogens is 2. The third kappa shape index (κ3) is 4.47. The van der Waals surface area contributed by atoms with E-state index in [0.717, 1.165) is 0 Å². The average molecular weight is 334 g/mol. The zero-order chi connectivity index (χ0) is 16.3. The fourth-order valence-corrected chi connectivity index (χ4v) is 2.00. The maximum absolute atomic E-state index is 11.7. The smallest absolute Gasteiger partial charge is 0.346 e. The van der Waals surface area contributed by atoms with Gasteiger partial charge in [0.25, 0.3) is 5.56 Å². The lowest BCUT2D eigenvalue weighted by atomic mass is 10.2. The molecule has 0 radical (unpaired) electrons. The van der Waals surface area contributed by atoms with Crippen molar-refractivity contribution in [2.45, 2.75) is 19.3 Å². The number of nitrogens with one attached hydrogen (secondary N) is 1. The summed E-state index contributed by atoms with van der Waals surface area (Å²) in [6, 6.07) is -0.425. The third-order valence-corrected chi connectivity index (χ3v) is 3.32. The van der Waals surface area contributed by atoms with Crippen molar-refractivity contribution >= 4 is 7.82 Å². The number of phosphoric ester groups is 1. The van der Waals surface area contributed by atoms with Crippen molar-refractivity contribution in [2.24, 2.45) is 0 Å². The van der Waals surface area contributed by atoms with Crippen LogP contribution in [0.3, 0.4) is 0 Å². The van der Waals surface area contributed by atoms with Gasteiger partial charge in [-0.25, -0.2) is 9.36 Å². The van der Waals surface area contributed by atoms with E-state index in [0.29, 0.717) is 5.56 Å². The van der Waals surface area contributed by atoms with E-state index < -0.39 is 38.2 Å². The predicted octanol–water partition coefficient (Wildman–Crippen LogP) is -0.618. The first-order valence-corrected chi connectivity index (χ1v) is 7.73. The second kappa shape index (κ2) is 6.69. The molecule has 3 N–H and O–H groups in total. The lowest BCUT2D eigenvalue weighted by Crippen LogP contribution is -2.36. The number of hydrogen-bond donors (Lipinski definition) is 3. The largest absolute Gasteiger partial charge is 0.471 e. The summed E-state index contributed by atoms with van der Waals surface area (Å²) in [5.74, 6) is 0. The SMILES string of the molecule is Cc1cn([C@H]2C=C[C@@H](OCOP(=O)(O)O)OC2)c(=O)[nH]c1=O. The number of rotatable bonds is 5. The molecule has 1 aliphatic rings. The van der Waals surface area contributed by atoms with Crippen LogP contribution in [0.1, 0.15) is 11.6 Å². The molecule has 1 aromatic rings. The number of nitrogens with zero attached hydrogens (tertiary/aromatic N) is 1. The Morgan fingerprint density at radius 1 is 1.45 bits per heavy atom. The summed E-state index contributed by atoms with van der Waals surface area (Å²) in [4.78, 5) is 42.2. The molecule has 11 heteroatoms. The fraction of sp³-hybridized carbons (Fsp3) is 0.455. The fourth-order valence-electron chi connectivity index (χ4n) is 1.80. The Morgan fingerprint density at radius 3 is 2.77 bits per heavy atom. The van der Waals surface area contributed by atoms with Crippen molar-refractivity contribution in [2.75, 3.05) is 13.4 Å². The molecule has 0 aromatic carbocycles. The molecule has 22 heavy (non-hydrogen) atoms. The minimum absolute atomic E-state index is 0.0858. The van der Waals surface area contributed by atoms with Gasteiger partial charge in [-0.15, -0.1) is 0 Å². The van der Waals surface area contributed by atoms with Gasteiger partial charge in [0.2, 0.25) is 0 Å². The van der Waals surface area contributed by atoms with E-state index in [-0.39, 0.29) is 6.61 Å². The summed E-state index contributed by atoms with van der Waals surface area (Å²) in [6.45, 7) is 1.03. The second-order valence-electron chi connectivity index (χ2n) is 4.54. The molecule has 2 heterocycles. The average Bonchev–Trinajstić information content (AvgIpc) is 2.42. The molecule has 0 saturated heterocycles. The molecular weight excluding hydrogens is 319 g/mol. The lowest BCUT2D eigenvalue weighted by molar-refractivity contribution is -0.159. The molecule has 0 saturated carbocycles. The minimum atomic E-state index is -4.59. The quantitative estimate of drug-likeness (QED) is 0.368. The Labute approximate surface area is 124 Å².